The van der Waals surface area contributed by atoms with Crippen LogP contribution < -0.4 is 0 Å². The minimum atomic E-state index is -0.635. The van der Waals surface area contributed by atoms with E-state index in [9.17, 15) is 9.59 Å². The van der Waals surface area contributed by atoms with E-state index in [-0.39, 0.29) is 25.0 Å². The molecule has 0 aliphatic carbocycles. The van der Waals surface area contributed by atoms with Crippen LogP contribution in [0, 0.1) is 11.8 Å². The molecule has 0 saturated heterocycles. The molecule has 0 rings (SSSR count). The Morgan fingerprint density at radius 1 is 0.654 bits per heavy atom. The van der Waals surface area contributed by atoms with Gasteiger partial charge in [-0.05, 0) is 25.7 Å². The summed E-state index contributed by atoms with van der Waals surface area (Å²) in [5, 5.41) is 33.3. The highest BCUT2D eigenvalue weighted by Crippen LogP contribution is 2.13. The van der Waals surface area contributed by atoms with Crippen LogP contribution in [0.1, 0.15) is 79.1 Å². The van der Waals surface area contributed by atoms with Gasteiger partial charge >= 0.3 is 11.9 Å². The zero-order chi connectivity index (χ0) is 20.8. The minimum absolute atomic E-state index is 0.0144. The molecule has 0 atom stereocenters. The van der Waals surface area contributed by atoms with Gasteiger partial charge in [-0.25, -0.2) is 0 Å². The van der Waals surface area contributed by atoms with E-state index in [0.29, 0.717) is 0 Å². The lowest BCUT2D eigenvalue weighted by atomic mass is 9.99. The first-order valence-corrected chi connectivity index (χ1v) is 9.68. The predicted octanol–water partition coefficient (Wildman–Crippen LogP) is 4.10. The maximum Gasteiger partial charge on any atom is 0.306 e. The van der Waals surface area contributed by atoms with Crippen molar-refractivity contribution in [3.8, 4) is 0 Å². The summed E-state index contributed by atoms with van der Waals surface area (Å²) in [5.41, 5.74) is 0. The SMILES string of the molecule is CCCC(CCC)C(=O)O.CCCC(CCC)C(=O)O.OCC=CCO. The first-order chi connectivity index (χ1) is 12.4. The number of aliphatic carboxylic acids is 2. The third kappa shape index (κ3) is 22.6. The van der Waals surface area contributed by atoms with Crippen molar-refractivity contribution in [1.82, 2.24) is 0 Å². The molecular weight excluding hydrogens is 336 g/mol. The van der Waals surface area contributed by atoms with Crippen molar-refractivity contribution >= 4 is 11.9 Å². The van der Waals surface area contributed by atoms with Crippen molar-refractivity contribution in [3.63, 3.8) is 0 Å². The van der Waals surface area contributed by atoms with Crippen LogP contribution in [0.3, 0.4) is 0 Å². The standard InChI is InChI=1S/2C8H16O2.C4H8O2/c2*1-3-5-7(6-4-2)8(9)10;5-3-1-2-4-6/h2*7H,3-6H2,1-2H3,(H,9,10);1-2,5-6H,3-4H2. The van der Waals surface area contributed by atoms with Gasteiger partial charge < -0.3 is 20.4 Å². The molecular formula is C20H40O6. The fraction of sp³-hybridized carbons (Fsp3) is 0.800. The molecule has 0 aromatic carbocycles. The number of carboxylic acids is 2. The molecule has 0 saturated carbocycles. The Kier molecular flexibility index (Phi) is 26.7. The van der Waals surface area contributed by atoms with Crippen LogP contribution >= 0.6 is 0 Å². The van der Waals surface area contributed by atoms with E-state index in [2.05, 4.69) is 0 Å². The topological polar surface area (TPSA) is 115 Å². The normalized spacial score (nSPS) is 10.3. The van der Waals surface area contributed by atoms with E-state index in [4.69, 9.17) is 20.4 Å². The van der Waals surface area contributed by atoms with Gasteiger partial charge in [-0.15, -0.1) is 0 Å². The zero-order valence-corrected chi connectivity index (χ0v) is 17.0. The molecule has 0 heterocycles. The molecule has 26 heavy (non-hydrogen) atoms. The second-order valence-electron chi connectivity index (χ2n) is 6.06. The molecule has 0 bridgehead atoms. The summed E-state index contributed by atoms with van der Waals surface area (Å²) >= 11 is 0. The van der Waals surface area contributed by atoms with Crippen molar-refractivity contribution in [3.05, 3.63) is 12.2 Å². The highest BCUT2D eigenvalue weighted by molar-refractivity contribution is 5.70. The summed E-state index contributed by atoms with van der Waals surface area (Å²) in [6.07, 6.45) is 10.1. The molecule has 156 valence electrons. The number of carbonyl (C=O) groups is 2. The number of hydrogen-bond donors (Lipinski definition) is 4. The highest BCUT2D eigenvalue weighted by atomic mass is 16.4. The number of carboxylic acid groups (broad SMARTS) is 2. The number of rotatable bonds is 12. The Balaban J connectivity index is -0.000000316. The van der Waals surface area contributed by atoms with E-state index in [1.165, 1.54) is 12.2 Å². The molecule has 0 amide bonds. The largest absolute Gasteiger partial charge is 0.481 e. The second-order valence-corrected chi connectivity index (χ2v) is 6.06. The molecule has 0 aromatic heterocycles. The molecule has 0 spiro atoms. The van der Waals surface area contributed by atoms with Gasteiger partial charge in [0.05, 0.1) is 25.0 Å². The van der Waals surface area contributed by atoms with E-state index >= 15 is 0 Å². The average molecular weight is 377 g/mol. The Labute approximate surface area is 158 Å². The van der Waals surface area contributed by atoms with E-state index in [1.807, 2.05) is 27.7 Å². The molecule has 0 radical (unpaired) electrons. The number of aliphatic hydroxyl groups is 2. The Morgan fingerprint density at radius 3 is 1.00 bits per heavy atom. The van der Waals surface area contributed by atoms with Crippen molar-refractivity contribution in [1.29, 1.82) is 0 Å². The molecule has 0 aliphatic heterocycles. The highest BCUT2D eigenvalue weighted by Gasteiger charge is 2.14. The number of aliphatic hydroxyl groups excluding tert-OH is 2. The molecule has 4 N–H and O–H groups in total. The average Bonchev–Trinajstić information content (AvgIpc) is 2.60. The van der Waals surface area contributed by atoms with E-state index < -0.39 is 11.9 Å². The van der Waals surface area contributed by atoms with Crippen molar-refractivity contribution in [2.24, 2.45) is 11.8 Å². The Bertz CT molecular complexity index is 297. The van der Waals surface area contributed by atoms with Gasteiger partial charge in [0.1, 0.15) is 0 Å². The lowest BCUT2D eigenvalue weighted by Gasteiger charge is -2.07. The Morgan fingerprint density at radius 2 is 0.885 bits per heavy atom. The fourth-order valence-electron chi connectivity index (χ4n) is 2.33. The first kappa shape index (κ1) is 29.4. The van der Waals surface area contributed by atoms with Gasteiger partial charge in [0.15, 0.2) is 0 Å². The van der Waals surface area contributed by atoms with Crippen molar-refractivity contribution in [2.45, 2.75) is 79.1 Å². The third-order valence-electron chi connectivity index (χ3n) is 3.62. The summed E-state index contributed by atoms with van der Waals surface area (Å²) in [6.45, 7) is 8.11. The smallest absolute Gasteiger partial charge is 0.306 e. The van der Waals surface area contributed by atoms with Crippen LogP contribution in [-0.4, -0.2) is 45.6 Å². The third-order valence-corrected chi connectivity index (χ3v) is 3.62. The zero-order valence-electron chi connectivity index (χ0n) is 17.0. The minimum Gasteiger partial charge on any atom is -0.481 e. The summed E-state index contributed by atoms with van der Waals surface area (Å²) in [5.74, 6) is -1.47. The second kappa shape index (κ2) is 23.6. The molecule has 0 aliphatic rings. The summed E-state index contributed by atoms with van der Waals surface area (Å²) in [7, 11) is 0. The van der Waals surface area contributed by atoms with Crippen LogP contribution in [0.25, 0.3) is 0 Å². The monoisotopic (exact) mass is 376 g/mol. The van der Waals surface area contributed by atoms with Crippen LogP contribution in [0.5, 0.6) is 0 Å². The lowest BCUT2D eigenvalue weighted by Crippen LogP contribution is -2.12. The van der Waals surface area contributed by atoms with E-state index in [0.717, 1.165) is 51.4 Å². The molecule has 6 heteroatoms. The molecule has 0 unspecified atom stereocenters. The summed E-state index contributed by atoms with van der Waals surface area (Å²) in [6, 6.07) is 0. The molecule has 0 fully saturated rings. The van der Waals surface area contributed by atoms with Gasteiger partial charge in [0.25, 0.3) is 0 Å². The van der Waals surface area contributed by atoms with Crippen LogP contribution in [0.15, 0.2) is 12.2 Å². The lowest BCUT2D eigenvalue weighted by molar-refractivity contribution is -0.143. The van der Waals surface area contributed by atoms with Crippen LogP contribution in [-0.2, 0) is 9.59 Å². The van der Waals surface area contributed by atoms with Crippen LogP contribution in [0.2, 0.25) is 0 Å². The predicted molar refractivity (Wildman–Crippen MR) is 105 cm³/mol. The summed E-state index contributed by atoms with van der Waals surface area (Å²) < 4.78 is 0. The Hall–Kier alpha value is -1.40. The maximum atomic E-state index is 10.5. The van der Waals surface area contributed by atoms with Gasteiger partial charge in [-0.3, -0.25) is 9.59 Å². The molecule has 6 nitrogen and oxygen atoms in total. The maximum absolute atomic E-state index is 10.5. The van der Waals surface area contributed by atoms with Gasteiger partial charge in [0.2, 0.25) is 0 Å². The van der Waals surface area contributed by atoms with Crippen LogP contribution in [0.4, 0.5) is 0 Å². The first-order valence-electron chi connectivity index (χ1n) is 9.68. The van der Waals surface area contributed by atoms with Gasteiger partial charge in [0, 0.05) is 0 Å². The van der Waals surface area contributed by atoms with Gasteiger partial charge in [-0.2, -0.15) is 0 Å². The van der Waals surface area contributed by atoms with Crippen molar-refractivity contribution in [2.75, 3.05) is 13.2 Å². The van der Waals surface area contributed by atoms with E-state index in [1.54, 1.807) is 0 Å². The fourth-order valence-corrected chi connectivity index (χ4v) is 2.33. The quantitative estimate of drug-likeness (QED) is 0.381. The van der Waals surface area contributed by atoms with Crippen molar-refractivity contribution < 1.29 is 30.0 Å². The summed E-state index contributed by atoms with van der Waals surface area (Å²) in [4.78, 5) is 21.0. The van der Waals surface area contributed by atoms with Gasteiger partial charge in [-0.1, -0.05) is 65.5 Å². The number of hydrogen-bond acceptors (Lipinski definition) is 4. The molecule has 0 aromatic rings.